The van der Waals surface area contributed by atoms with Crippen LogP contribution in [0.2, 0.25) is 0 Å². The van der Waals surface area contributed by atoms with Crippen LogP contribution in [-0.2, 0) is 6.42 Å². The first-order valence-corrected chi connectivity index (χ1v) is 5.06. The first-order valence-electron chi connectivity index (χ1n) is 4.26. The maximum Gasteiger partial charge on any atom is 0.0937 e. The summed E-state index contributed by atoms with van der Waals surface area (Å²) in [6, 6.07) is 7.89. The van der Waals surface area contributed by atoms with Crippen LogP contribution in [0.3, 0.4) is 0 Å². The summed E-state index contributed by atoms with van der Waals surface area (Å²) < 4.78 is 13.4. The highest BCUT2D eigenvalue weighted by Gasteiger charge is 2.06. The molecular formula is C10H13BrFN. The van der Waals surface area contributed by atoms with Crippen molar-refractivity contribution in [2.75, 3.05) is 13.2 Å². The fourth-order valence-corrected chi connectivity index (χ4v) is 1.64. The van der Waals surface area contributed by atoms with Gasteiger partial charge in [-0.2, -0.15) is 0 Å². The lowest BCUT2D eigenvalue weighted by Gasteiger charge is -2.09. The van der Waals surface area contributed by atoms with E-state index in [1.165, 1.54) is 0 Å². The van der Waals surface area contributed by atoms with Crippen molar-refractivity contribution in [1.82, 2.24) is 0 Å². The minimum Gasteiger partial charge on any atom is -0.330 e. The van der Waals surface area contributed by atoms with Gasteiger partial charge in [-0.15, -0.1) is 0 Å². The Morgan fingerprint density at radius 1 is 1.46 bits per heavy atom. The molecule has 1 aromatic carbocycles. The van der Waals surface area contributed by atoms with Gasteiger partial charge in [0.1, 0.15) is 0 Å². The van der Waals surface area contributed by atoms with Gasteiger partial charge in [0.05, 0.1) is 6.67 Å². The molecule has 72 valence electrons. The zero-order chi connectivity index (χ0) is 9.68. The SMILES string of the molecule is NCC(CF)Cc1cccc(Br)c1. The maximum atomic E-state index is 12.4. The van der Waals surface area contributed by atoms with E-state index < -0.39 is 0 Å². The van der Waals surface area contributed by atoms with Crippen LogP contribution in [-0.4, -0.2) is 13.2 Å². The fourth-order valence-electron chi connectivity index (χ4n) is 1.20. The van der Waals surface area contributed by atoms with E-state index in [1.54, 1.807) is 0 Å². The van der Waals surface area contributed by atoms with E-state index >= 15 is 0 Å². The van der Waals surface area contributed by atoms with E-state index in [1.807, 2.05) is 24.3 Å². The second-order valence-corrected chi connectivity index (χ2v) is 4.01. The van der Waals surface area contributed by atoms with Crippen molar-refractivity contribution in [3.63, 3.8) is 0 Å². The summed E-state index contributed by atoms with van der Waals surface area (Å²) in [7, 11) is 0. The summed E-state index contributed by atoms with van der Waals surface area (Å²) in [5.74, 6) is -0.0469. The molecule has 0 fully saturated rings. The topological polar surface area (TPSA) is 26.0 Å². The normalized spacial score (nSPS) is 12.8. The lowest BCUT2D eigenvalue weighted by atomic mass is 10.0. The molecule has 1 rings (SSSR count). The average Bonchev–Trinajstić information content (AvgIpc) is 2.14. The van der Waals surface area contributed by atoms with Gasteiger partial charge in [0.15, 0.2) is 0 Å². The van der Waals surface area contributed by atoms with Gasteiger partial charge >= 0.3 is 0 Å². The number of hydrogen-bond acceptors (Lipinski definition) is 1. The van der Waals surface area contributed by atoms with Gasteiger partial charge in [0.25, 0.3) is 0 Å². The first kappa shape index (κ1) is 10.7. The zero-order valence-electron chi connectivity index (χ0n) is 7.34. The van der Waals surface area contributed by atoms with Crippen molar-refractivity contribution >= 4 is 15.9 Å². The summed E-state index contributed by atoms with van der Waals surface area (Å²) in [6.07, 6.45) is 0.715. The third kappa shape index (κ3) is 3.44. The van der Waals surface area contributed by atoms with Crippen molar-refractivity contribution in [2.45, 2.75) is 6.42 Å². The predicted molar refractivity (Wildman–Crippen MR) is 56.4 cm³/mol. The molecule has 0 aliphatic rings. The minimum atomic E-state index is -0.344. The molecule has 2 N–H and O–H groups in total. The van der Waals surface area contributed by atoms with Gasteiger partial charge in [-0.05, 0) is 30.7 Å². The van der Waals surface area contributed by atoms with Gasteiger partial charge < -0.3 is 5.73 Å². The van der Waals surface area contributed by atoms with Crippen LogP contribution in [0.25, 0.3) is 0 Å². The standard InChI is InChI=1S/C10H13BrFN/c11-10-3-1-2-8(5-10)4-9(6-12)7-13/h1-3,5,9H,4,6-7,13H2. The van der Waals surface area contributed by atoms with Gasteiger partial charge in [-0.3, -0.25) is 4.39 Å². The summed E-state index contributed by atoms with van der Waals surface area (Å²) in [6.45, 7) is 0.0615. The van der Waals surface area contributed by atoms with Crippen LogP contribution >= 0.6 is 15.9 Å². The fraction of sp³-hybridized carbons (Fsp3) is 0.400. The van der Waals surface area contributed by atoms with Crippen LogP contribution < -0.4 is 5.73 Å². The van der Waals surface area contributed by atoms with E-state index in [9.17, 15) is 4.39 Å². The third-order valence-electron chi connectivity index (χ3n) is 1.96. The minimum absolute atomic E-state index is 0.0469. The molecule has 0 radical (unpaired) electrons. The Morgan fingerprint density at radius 3 is 2.77 bits per heavy atom. The Morgan fingerprint density at radius 2 is 2.23 bits per heavy atom. The molecule has 1 aromatic rings. The molecule has 1 nitrogen and oxygen atoms in total. The Labute approximate surface area is 86.3 Å². The van der Waals surface area contributed by atoms with Gasteiger partial charge in [0.2, 0.25) is 0 Å². The Bertz CT molecular complexity index is 261. The highest BCUT2D eigenvalue weighted by molar-refractivity contribution is 9.10. The molecule has 0 aliphatic carbocycles. The quantitative estimate of drug-likeness (QED) is 0.867. The van der Waals surface area contributed by atoms with Crippen molar-refractivity contribution in [3.05, 3.63) is 34.3 Å². The number of nitrogens with two attached hydrogens (primary N) is 1. The molecule has 1 unspecified atom stereocenters. The third-order valence-corrected chi connectivity index (χ3v) is 2.46. The number of halogens is 2. The second kappa shape index (κ2) is 5.35. The summed E-state index contributed by atoms with van der Waals surface area (Å²) in [4.78, 5) is 0. The Balaban J connectivity index is 2.62. The lowest BCUT2D eigenvalue weighted by molar-refractivity contribution is 0.365. The van der Waals surface area contributed by atoms with Crippen molar-refractivity contribution in [2.24, 2.45) is 11.7 Å². The molecule has 13 heavy (non-hydrogen) atoms. The van der Waals surface area contributed by atoms with Crippen molar-refractivity contribution < 1.29 is 4.39 Å². The maximum absolute atomic E-state index is 12.4. The molecule has 0 aliphatic heterocycles. The monoisotopic (exact) mass is 245 g/mol. The largest absolute Gasteiger partial charge is 0.330 e. The van der Waals surface area contributed by atoms with Gasteiger partial charge in [-0.1, -0.05) is 28.1 Å². The van der Waals surface area contributed by atoms with Crippen molar-refractivity contribution in [3.8, 4) is 0 Å². The van der Waals surface area contributed by atoms with Gasteiger partial charge in [0, 0.05) is 10.4 Å². The number of alkyl halides is 1. The molecule has 0 aromatic heterocycles. The Kier molecular flexibility index (Phi) is 4.39. The van der Waals surface area contributed by atoms with E-state index in [2.05, 4.69) is 15.9 Å². The molecule has 0 heterocycles. The number of rotatable bonds is 4. The highest BCUT2D eigenvalue weighted by Crippen LogP contribution is 2.14. The van der Waals surface area contributed by atoms with E-state index in [4.69, 9.17) is 5.73 Å². The van der Waals surface area contributed by atoms with Crippen LogP contribution in [0, 0.1) is 5.92 Å². The molecule has 3 heteroatoms. The summed E-state index contributed by atoms with van der Waals surface area (Å²) >= 11 is 3.37. The summed E-state index contributed by atoms with van der Waals surface area (Å²) in [5.41, 5.74) is 6.54. The Hall–Kier alpha value is -0.410. The lowest BCUT2D eigenvalue weighted by Crippen LogP contribution is -2.18. The summed E-state index contributed by atoms with van der Waals surface area (Å²) in [5, 5.41) is 0. The van der Waals surface area contributed by atoms with E-state index in [0.29, 0.717) is 13.0 Å². The van der Waals surface area contributed by atoms with Crippen LogP contribution in [0.15, 0.2) is 28.7 Å². The van der Waals surface area contributed by atoms with Crippen molar-refractivity contribution in [1.29, 1.82) is 0 Å². The van der Waals surface area contributed by atoms with Crippen LogP contribution in [0.4, 0.5) is 4.39 Å². The number of hydrogen-bond donors (Lipinski definition) is 1. The molecule has 1 atom stereocenters. The van der Waals surface area contributed by atoms with Gasteiger partial charge in [-0.25, -0.2) is 0 Å². The molecule has 0 saturated heterocycles. The molecule has 0 bridgehead atoms. The predicted octanol–water partition coefficient (Wildman–Crippen LogP) is 2.54. The van der Waals surface area contributed by atoms with E-state index in [-0.39, 0.29) is 12.6 Å². The first-order chi connectivity index (χ1) is 6.26. The molecule has 0 amide bonds. The zero-order valence-corrected chi connectivity index (χ0v) is 8.93. The second-order valence-electron chi connectivity index (χ2n) is 3.09. The van der Waals surface area contributed by atoms with Crippen LogP contribution in [0.5, 0.6) is 0 Å². The molecular weight excluding hydrogens is 233 g/mol. The number of benzene rings is 1. The smallest absolute Gasteiger partial charge is 0.0937 e. The average molecular weight is 246 g/mol. The highest BCUT2D eigenvalue weighted by atomic mass is 79.9. The molecule has 0 spiro atoms. The molecule has 0 saturated carbocycles. The van der Waals surface area contributed by atoms with E-state index in [0.717, 1.165) is 10.0 Å². The van der Waals surface area contributed by atoms with Crippen LogP contribution in [0.1, 0.15) is 5.56 Å².